The van der Waals surface area contributed by atoms with Gasteiger partial charge in [-0.1, -0.05) is 5.16 Å². The number of rotatable bonds is 4. The number of hydrogen-bond donors (Lipinski definition) is 2. The van der Waals surface area contributed by atoms with Gasteiger partial charge < -0.3 is 15.4 Å². The van der Waals surface area contributed by atoms with E-state index < -0.39 is 6.10 Å². The molecule has 0 saturated carbocycles. The predicted molar refractivity (Wildman–Crippen MR) is 71.5 cm³/mol. The van der Waals surface area contributed by atoms with Crippen molar-refractivity contribution >= 4 is 11.0 Å². The molecule has 3 aromatic rings. The van der Waals surface area contributed by atoms with Gasteiger partial charge in [0.25, 0.3) is 5.89 Å². The predicted octanol–water partition coefficient (Wildman–Crippen LogP) is 1.06. The molecule has 0 amide bonds. The van der Waals surface area contributed by atoms with E-state index in [-0.39, 0.29) is 5.89 Å². The average molecular weight is 271 g/mol. The molecule has 0 bridgehead atoms. The summed E-state index contributed by atoms with van der Waals surface area (Å²) in [7, 11) is 0. The molecule has 1 atom stereocenters. The van der Waals surface area contributed by atoms with Crippen LogP contribution in [-0.2, 0) is 0 Å². The van der Waals surface area contributed by atoms with E-state index in [1.165, 1.54) is 0 Å². The van der Waals surface area contributed by atoms with Crippen LogP contribution >= 0.6 is 0 Å². The molecule has 1 aromatic carbocycles. The second-order valence-electron chi connectivity index (χ2n) is 4.31. The Bertz CT molecular complexity index is 727. The molecule has 20 heavy (non-hydrogen) atoms. The lowest BCUT2D eigenvalue weighted by atomic mass is 10.2. The minimum Gasteiger partial charge on any atom is -0.383 e. The van der Waals surface area contributed by atoms with Gasteiger partial charge in [0, 0.05) is 18.0 Å². The van der Waals surface area contributed by atoms with Crippen LogP contribution in [0.2, 0.25) is 0 Å². The molecule has 0 unspecified atom stereocenters. The van der Waals surface area contributed by atoms with E-state index >= 15 is 0 Å². The van der Waals surface area contributed by atoms with Crippen molar-refractivity contribution in [3.63, 3.8) is 0 Å². The zero-order chi connectivity index (χ0) is 13.9. The first-order valence-electron chi connectivity index (χ1n) is 6.21. The number of nitrogens with two attached hydrogens (primary N) is 1. The number of aliphatic hydroxyl groups is 1. The number of aromatic nitrogens is 4. The maximum Gasteiger partial charge on any atom is 0.255 e. The van der Waals surface area contributed by atoms with Crippen LogP contribution in [0, 0.1) is 0 Å². The molecule has 0 fully saturated rings. The van der Waals surface area contributed by atoms with Crippen molar-refractivity contribution < 1.29 is 9.63 Å². The summed E-state index contributed by atoms with van der Waals surface area (Å²) < 4.78 is 5.04. The van der Waals surface area contributed by atoms with Crippen molar-refractivity contribution in [3.8, 4) is 11.4 Å². The van der Waals surface area contributed by atoms with Gasteiger partial charge in [0.2, 0.25) is 5.82 Å². The second kappa shape index (κ2) is 5.32. The number of nitrogens with zero attached hydrogens (tertiary/aromatic N) is 4. The summed E-state index contributed by atoms with van der Waals surface area (Å²) >= 11 is 0. The van der Waals surface area contributed by atoms with Crippen LogP contribution in [0.3, 0.4) is 0 Å². The Labute approximate surface area is 114 Å². The van der Waals surface area contributed by atoms with Crippen LogP contribution in [0.15, 0.2) is 35.1 Å². The number of fused-ring (bicyclic) bond motifs is 1. The minimum absolute atomic E-state index is 0.171. The average Bonchev–Trinajstić information content (AvgIpc) is 2.97. The third-order valence-corrected chi connectivity index (χ3v) is 2.89. The van der Waals surface area contributed by atoms with Crippen LogP contribution in [0.4, 0.5) is 0 Å². The van der Waals surface area contributed by atoms with Gasteiger partial charge in [-0.3, -0.25) is 9.97 Å². The molecule has 0 aliphatic heterocycles. The fourth-order valence-corrected chi connectivity index (χ4v) is 1.87. The van der Waals surface area contributed by atoms with Gasteiger partial charge in [0.05, 0.1) is 11.0 Å². The van der Waals surface area contributed by atoms with Gasteiger partial charge in [0.1, 0.15) is 6.10 Å². The van der Waals surface area contributed by atoms with Crippen LogP contribution in [0.5, 0.6) is 0 Å². The van der Waals surface area contributed by atoms with Crippen LogP contribution in [0.1, 0.15) is 18.4 Å². The standard InChI is InChI=1S/C13H13N5O2/c14-4-3-11(19)13-17-12(18-20-13)8-1-2-9-10(7-8)16-6-5-15-9/h1-2,5-7,11,19H,3-4,14H2/t11-/m0/s1. The van der Waals surface area contributed by atoms with Crippen LogP contribution < -0.4 is 5.73 Å². The molecule has 0 spiro atoms. The first-order valence-corrected chi connectivity index (χ1v) is 6.21. The van der Waals surface area contributed by atoms with Crippen molar-refractivity contribution in [3.05, 3.63) is 36.5 Å². The SMILES string of the molecule is NCC[C@H](O)c1nc(-c2ccc3nccnc3c2)no1. The molecule has 3 rings (SSSR count). The molecule has 0 saturated heterocycles. The highest BCUT2D eigenvalue weighted by molar-refractivity contribution is 5.79. The van der Waals surface area contributed by atoms with Gasteiger partial charge >= 0.3 is 0 Å². The van der Waals surface area contributed by atoms with Crippen molar-refractivity contribution in [1.29, 1.82) is 0 Å². The summed E-state index contributed by atoms with van der Waals surface area (Å²) in [6.45, 7) is 0.352. The van der Waals surface area contributed by atoms with Gasteiger partial charge in [0.15, 0.2) is 0 Å². The van der Waals surface area contributed by atoms with E-state index in [1.54, 1.807) is 12.4 Å². The van der Waals surface area contributed by atoms with Crippen LogP contribution in [-0.4, -0.2) is 31.8 Å². The summed E-state index contributed by atoms with van der Waals surface area (Å²) in [4.78, 5) is 12.6. The quantitative estimate of drug-likeness (QED) is 0.729. The summed E-state index contributed by atoms with van der Waals surface area (Å²) in [6, 6.07) is 5.50. The third kappa shape index (κ3) is 2.36. The lowest BCUT2D eigenvalue weighted by Crippen LogP contribution is -2.06. The molecule has 7 heteroatoms. The number of benzene rings is 1. The topological polar surface area (TPSA) is 111 Å². The Hall–Kier alpha value is -2.38. The maximum absolute atomic E-state index is 9.75. The molecule has 2 aromatic heterocycles. The second-order valence-corrected chi connectivity index (χ2v) is 4.31. The van der Waals surface area contributed by atoms with Crippen molar-refractivity contribution in [2.45, 2.75) is 12.5 Å². The molecule has 3 N–H and O–H groups in total. The normalized spacial score (nSPS) is 12.7. The first kappa shape index (κ1) is 12.6. The maximum atomic E-state index is 9.75. The Morgan fingerprint density at radius 3 is 2.80 bits per heavy atom. The highest BCUT2D eigenvalue weighted by atomic mass is 16.5. The van der Waals surface area contributed by atoms with E-state index in [2.05, 4.69) is 20.1 Å². The summed E-state index contributed by atoms with van der Waals surface area (Å²) in [5.41, 5.74) is 7.68. The Morgan fingerprint density at radius 2 is 2.00 bits per heavy atom. The molecule has 102 valence electrons. The number of aliphatic hydroxyl groups excluding tert-OH is 1. The summed E-state index contributed by atoms with van der Waals surface area (Å²) in [5, 5.41) is 13.6. The monoisotopic (exact) mass is 271 g/mol. The smallest absolute Gasteiger partial charge is 0.255 e. The highest BCUT2D eigenvalue weighted by Crippen LogP contribution is 2.22. The van der Waals surface area contributed by atoms with Crippen molar-refractivity contribution in [2.24, 2.45) is 5.73 Å². The van der Waals surface area contributed by atoms with Crippen molar-refractivity contribution in [2.75, 3.05) is 6.54 Å². The zero-order valence-corrected chi connectivity index (χ0v) is 10.6. The Kier molecular flexibility index (Phi) is 3.36. The van der Waals surface area contributed by atoms with E-state index in [0.717, 1.165) is 16.6 Å². The van der Waals surface area contributed by atoms with E-state index in [0.29, 0.717) is 18.8 Å². The van der Waals surface area contributed by atoms with Gasteiger partial charge in [-0.15, -0.1) is 0 Å². The minimum atomic E-state index is -0.832. The molecule has 0 radical (unpaired) electrons. The lowest BCUT2D eigenvalue weighted by Gasteiger charge is -2.01. The molecular formula is C13H13N5O2. The summed E-state index contributed by atoms with van der Waals surface area (Å²) in [5.74, 6) is 0.577. The fraction of sp³-hybridized carbons (Fsp3) is 0.231. The molecule has 7 nitrogen and oxygen atoms in total. The van der Waals surface area contributed by atoms with E-state index in [4.69, 9.17) is 10.3 Å². The van der Waals surface area contributed by atoms with Crippen molar-refractivity contribution in [1.82, 2.24) is 20.1 Å². The van der Waals surface area contributed by atoms with E-state index in [9.17, 15) is 5.11 Å². The highest BCUT2D eigenvalue weighted by Gasteiger charge is 2.16. The van der Waals surface area contributed by atoms with Gasteiger partial charge in [-0.25, -0.2) is 0 Å². The van der Waals surface area contributed by atoms with E-state index in [1.807, 2.05) is 18.2 Å². The Balaban J connectivity index is 1.94. The third-order valence-electron chi connectivity index (χ3n) is 2.89. The summed E-state index contributed by atoms with van der Waals surface area (Å²) in [6.07, 6.45) is 2.81. The Morgan fingerprint density at radius 1 is 1.20 bits per heavy atom. The lowest BCUT2D eigenvalue weighted by molar-refractivity contribution is 0.127. The molecule has 0 aliphatic carbocycles. The zero-order valence-electron chi connectivity index (χ0n) is 10.6. The first-order chi connectivity index (χ1) is 9.78. The van der Waals surface area contributed by atoms with Gasteiger partial charge in [-0.2, -0.15) is 4.98 Å². The molecular weight excluding hydrogens is 258 g/mol. The van der Waals surface area contributed by atoms with Gasteiger partial charge in [-0.05, 0) is 31.2 Å². The number of hydrogen-bond acceptors (Lipinski definition) is 7. The largest absolute Gasteiger partial charge is 0.383 e. The fourth-order valence-electron chi connectivity index (χ4n) is 1.87. The van der Waals surface area contributed by atoms with Crippen LogP contribution in [0.25, 0.3) is 22.4 Å². The molecule has 2 heterocycles. The molecule has 0 aliphatic rings.